The molecule has 0 amide bonds. The van der Waals surface area contributed by atoms with Crippen molar-refractivity contribution < 1.29 is 4.43 Å². The molecule has 15 heavy (non-hydrogen) atoms. The van der Waals surface area contributed by atoms with E-state index in [2.05, 4.69) is 38.1 Å². The van der Waals surface area contributed by atoms with Crippen LogP contribution >= 0.6 is 0 Å². The molecule has 0 bridgehead atoms. The molecule has 83 valence electrons. The lowest BCUT2D eigenvalue weighted by molar-refractivity contribution is 0.306. The van der Waals surface area contributed by atoms with Crippen LogP contribution in [0.3, 0.4) is 0 Å². The highest BCUT2D eigenvalue weighted by molar-refractivity contribution is 6.51. The van der Waals surface area contributed by atoms with E-state index in [1.165, 1.54) is 30.5 Å². The Balaban J connectivity index is 2.28. The fraction of sp³-hybridized carbons (Fsp3) is 0.538. The molecule has 1 aromatic rings. The van der Waals surface area contributed by atoms with Crippen molar-refractivity contribution in [2.45, 2.75) is 45.4 Å². The molecule has 0 fully saturated rings. The standard InChI is InChI=1S/C13H21OSi/c1-3-5-11-15(4-2)14-12-13-9-7-6-8-10-13/h6-10H,3-5,11-12H2,1-2H3. The minimum absolute atomic E-state index is 0.544. The topological polar surface area (TPSA) is 9.23 Å². The van der Waals surface area contributed by atoms with Crippen molar-refractivity contribution in [3.05, 3.63) is 35.9 Å². The maximum Gasteiger partial charge on any atom is 0.211 e. The van der Waals surface area contributed by atoms with E-state index in [-0.39, 0.29) is 0 Å². The molecule has 0 aliphatic rings. The van der Waals surface area contributed by atoms with Gasteiger partial charge in [-0.05, 0) is 17.7 Å². The van der Waals surface area contributed by atoms with Crippen LogP contribution in [-0.4, -0.2) is 9.04 Å². The Kier molecular flexibility index (Phi) is 6.36. The summed E-state index contributed by atoms with van der Waals surface area (Å²) in [7, 11) is -0.544. The van der Waals surface area contributed by atoms with E-state index in [0.717, 1.165) is 6.61 Å². The van der Waals surface area contributed by atoms with Crippen molar-refractivity contribution in [1.29, 1.82) is 0 Å². The Morgan fingerprint density at radius 1 is 1.13 bits per heavy atom. The highest BCUT2D eigenvalue weighted by Crippen LogP contribution is 2.10. The average Bonchev–Trinajstić information content (AvgIpc) is 2.31. The Morgan fingerprint density at radius 3 is 2.47 bits per heavy atom. The second kappa shape index (κ2) is 7.66. The van der Waals surface area contributed by atoms with Gasteiger partial charge in [0.2, 0.25) is 9.04 Å². The summed E-state index contributed by atoms with van der Waals surface area (Å²) >= 11 is 0. The molecule has 1 radical (unpaired) electrons. The van der Waals surface area contributed by atoms with E-state index in [9.17, 15) is 0 Å². The van der Waals surface area contributed by atoms with Crippen LogP contribution in [0.1, 0.15) is 32.3 Å². The maximum atomic E-state index is 5.98. The van der Waals surface area contributed by atoms with Crippen LogP contribution in [0.15, 0.2) is 30.3 Å². The first-order valence-electron chi connectivity index (χ1n) is 5.88. The molecule has 0 aliphatic carbocycles. The molecule has 0 aliphatic heterocycles. The normalized spacial score (nSPS) is 10.9. The van der Waals surface area contributed by atoms with Crippen LogP contribution in [0.5, 0.6) is 0 Å². The second-order valence-corrected chi connectivity index (χ2v) is 6.34. The predicted molar refractivity (Wildman–Crippen MR) is 67.2 cm³/mol. The molecule has 1 aromatic carbocycles. The third-order valence-corrected chi connectivity index (χ3v) is 4.74. The molecule has 0 saturated heterocycles. The molecule has 0 aromatic heterocycles. The van der Waals surface area contributed by atoms with Crippen LogP contribution in [0.25, 0.3) is 0 Å². The van der Waals surface area contributed by atoms with Crippen LogP contribution in [0.2, 0.25) is 12.1 Å². The average molecular weight is 221 g/mol. The van der Waals surface area contributed by atoms with Crippen molar-refractivity contribution >= 4 is 9.04 Å². The van der Waals surface area contributed by atoms with Gasteiger partial charge in [-0.3, -0.25) is 0 Å². The van der Waals surface area contributed by atoms with Gasteiger partial charge in [-0.15, -0.1) is 0 Å². The highest BCUT2D eigenvalue weighted by atomic mass is 28.3. The van der Waals surface area contributed by atoms with E-state index in [4.69, 9.17) is 4.43 Å². The summed E-state index contributed by atoms with van der Waals surface area (Å²) < 4.78 is 5.98. The minimum atomic E-state index is -0.544. The molecule has 0 saturated carbocycles. The molecular formula is C13H21OSi. The lowest BCUT2D eigenvalue weighted by atomic mass is 10.2. The Bertz CT molecular complexity index is 248. The van der Waals surface area contributed by atoms with Crippen LogP contribution < -0.4 is 0 Å². The number of hydrogen-bond donors (Lipinski definition) is 0. The Morgan fingerprint density at radius 2 is 1.87 bits per heavy atom. The van der Waals surface area contributed by atoms with Gasteiger partial charge in [0, 0.05) is 0 Å². The molecule has 1 nitrogen and oxygen atoms in total. The number of unbranched alkanes of at least 4 members (excludes halogenated alkanes) is 1. The largest absolute Gasteiger partial charge is 0.412 e. The Hall–Kier alpha value is -0.603. The fourth-order valence-electron chi connectivity index (χ4n) is 1.48. The maximum absolute atomic E-state index is 5.98. The summed E-state index contributed by atoms with van der Waals surface area (Å²) in [4.78, 5) is 0. The van der Waals surface area contributed by atoms with Gasteiger partial charge in [0.1, 0.15) is 0 Å². The zero-order chi connectivity index (χ0) is 10.9. The number of hydrogen-bond acceptors (Lipinski definition) is 1. The van der Waals surface area contributed by atoms with Crippen LogP contribution in [-0.2, 0) is 11.0 Å². The summed E-state index contributed by atoms with van der Waals surface area (Å²) in [5.74, 6) is 0. The Labute approximate surface area is 95.2 Å². The van der Waals surface area contributed by atoms with Crippen molar-refractivity contribution in [2.24, 2.45) is 0 Å². The molecule has 2 heteroatoms. The predicted octanol–water partition coefficient (Wildman–Crippen LogP) is 4.01. The zero-order valence-corrected chi connectivity index (χ0v) is 10.8. The monoisotopic (exact) mass is 221 g/mol. The van der Waals surface area contributed by atoms with Gasteiger partial charge in [-0.1, -0.05) is 57.0 Å². The van der Waals surface area contributed by atoms with Crippen LogP contribution in [0.4, 0.5) is 0 Å². The summed E-state index contributed by atoms with van der Waals surface area (Å²) in [6.45, 7) is 5.29. The first kappa shape index (κ1) is 12.5. The van der Waals surface area contributed by atoms with Crippen molar-refractivity contribution in [2.75, 3.05) is 0 Å². The molecule has 0 heterocycles. The number of benzene rings is 1. The van der Waals surface area contributed by atoms with E-state index < -0.39 is 9.04 Å². The quantitative estimate of drug-likeness (QED) is 0.632. The first-order chi connectivity index (χ1) is 7.36. The molecule has 1 rings (SSSR count). The fourth-order valence-corrected chi connectivity index (χ4v) is 3.31. The van der Waals surface area contributed by atoms with Gasteiger partial charge in [0.05, 0.1) is 6.61 Å². The van der Waals surface area contributed by atoms with Gasteiger partial charge < -0.3 is 4.43 Å². The van der Waals surface area contributed by atoms with Crippen molar-refractivity contribution in [3.8, 4) is 0 Å². The summed E-state index contributed by atoms with van der Waals surface area (Å²) in [5, 5.41) is 0. The van der Waals surface area contributed by atoms with Crippen molar-refractivity contribution in [3.63, 3.8) is 0 Å². The van der Waals surface area contributed by atoms with Crippen molar-refractivity contribution in [1.82, 2.24) is 0 Å². The first-order valence-corrected chi connectivity index (χ1v) is 7.70. The zero-order valence-electron chi connectivity index (χ0n) is 9.83. The molecule has 0 N–H and O–H groups in total. The van der Waals surface area contributed by atoms with E-state index in [1.54, 1.807) is 0 Å². The molecular weight excluding hydrogens is 200 g/mol. The second-order valence-electron chi connectivity index (χ2n) is 3.77. The van der Waals surface area contributed by atoms with Gasteiger partial charge in [-0.25, -0.2) is 0 Å². The van der Waals surface area contributed by atoms with Gasteiger partial charge in [0.15, 0.2) is 0 Å². The third kappa shape index (κ3) is 5.14. The smallest absolute Gasteiger partial charge is 0.211 e. The highest BCUT2D eigenvalue weighted by Gasteiger charge is 2.09. The SMILES string of the molecule is CCCC[Si](CC)OCc1ccccc1. The summed E-state index contributed by atoms with van der Waals surface area (Å²) in [6, 6.07) is 13.0. The van der Waals surface area contributed by atoms with E-state index in [0.29, 0.717) is 0 Å². The molecule has 0 unspecified atom stereocenters. The van der Waals surface area contributed by atoms with E-state index in [1.807, 2.05) is 6.07 Å². The van der Waals surface area contributed by atoms with Crippen LogP contribution in [0, 0.1) is 0 Å². The van der Waals surface area contributed by atoms with E-state index >= 15 is 0 Å². The van der Waals surface area contributed by atoms with Gasteiger partial charge in [-0.2, -0.15) is 0 Å². The van der Waals surface area contributed by atoms with Gasteiger partial charge >= 0.3 is 0 Å². The number of rotatable bonds is 7. The summed E-state index contributed by atoms with van der Waals surface area (Å²) in [5.41, 5.74) is 1.30. The minimum Gasteiger partial charge on any atom is -0.412 e. The summed E-state index contributed by atoms with van der Waals surface area (Å²) in [6.07, 6.45) is 2.60. The molecule has 0 atom stereocenters. The lowest BCUT2D eigenvalue weighted by Crippen LogP contribution is -2.16. The lowest BCUT2D eigenvalue weighted by Gasteiger charge is -2.13. The molecule has 0 spiro atoms. The van der Waals surface area contributed by atoms with Gasteiger partial charge in [0.25, 0.3) is 0 Å². The third-order valence-electron chi connectivity index (χ3n) is 2.49.